The van der Waals surface area contributed by atoms with E-state index in [0.29, 0.717) is 24.6 Å². The molecule has 0 bridgehead atoms. The summed E-state index contributed by atoms with van der Waals surface area (Å²) in [4.78, 5) is 19.4. The van der Waals surface area contributed by atoms with Gasteiger partial charge in [-0.1, -0.05) is 69.7 Å². The van der Waals surface area contributed by atoms with Crippen LogP contribution in [0.5, 0.6) is 5.75 Å². The van der Waals surface area contributed by atoms with Crippen molar-refractivity contribution in [3.8, 4) is 17.1 Å². The Hall–Kier alpha value is -2.47. The van der Waals surface area contributed by atoms with E-state index in [1.807, 2.05) is 0 Å². The molecule has 0 atom stereocenters. The minimum absolute atomic E-state index is 0.300. The average molecular weight is 471 g/mol. The van der Waals surface area contributed by atoms with E-state index in [9.17, 15) is 4.79 Å². The number of carbonyl (C=O) groups is 1. The minimum atomic E-state index is -0.686. The van der Waals surface area contributed by atoms with Gasteiger partial charge in [0.15, 0.2) is 11.6 Å². The van der Waals surface area contributed by atoms with Crippen LogP contribution in [0.2, 0.25) is 0 Å². The van der Waals surface area contributed by atoms with Gasteiger partial charge in [-0.3, -0.25) is 4.79 Å². The van der Waals surface area contributed by atoms with Crippen LogP contribution in [0.1, 0.15) is 89.5 Å². The molecule has 0 fully saturated rings. The number of hydrogen-bond donors (Lipinski definition) is 1. The molecule has 0 radical (unpaired) electrons. The quantitative estimate of drug-likeness (QED) is 0.213. The van der Waals surface area contributed by atoms with Crippen molar-refractivity contribution in [1.82, 2.24) is 9.97 Å². The van der Waals surface area contributed by atoms with E-state index >= 15 is 0 Å². The van der Waals surface area contributed by atoms with Crippen LogP contribution in [0, 0.1) is 0 Å². The van der Waals surface area contributed by atoms with E-state index in [1.54, 1.807) is 12.4 Å². The molecule has 1 aromatic heterocycles. The first-order chi connectivity index (χ1) is 16.7. The smallest absolute Gasteiger partial charge is 0.303 e. The molecule has 2 rings (SSSR count). The van der Waals surface area contributed by atoms with E-state index in [0.717, 1.165) is 63.7 Å². The second-order valence-corrected chi connectivity index (χ2v) is 8.83. The van der Waals surface area contributed by atoms with Crippen molar-refractivity contribution in [3.05, 3.63) is 42.2 Å². The lowest BCUT2D eigenvalue weighted by Gasteiger charge is -2.07. The standard InChI is InChI=1S/C28H42N2O4/c1-2-3-19-33-20-11-12-21-34-26-22-29-28(30-23-26)25-17-15-24(16-18-25)13-9-7-5-4-6-8-10-14-27(31)32/h15-18,22-23H,2-14,19-21H2,1H3,(H,31,32). The summed E-state index contributed by atoms with van der Waals surface area (Å²) in [6, 6.07) is 8.51. The lowest BCUT2D eigenvalue weighted by molar-refractivity contribution is -0.137. The van der Waals surface area contributed by atoms with Gasteiger partial charge in [-0.15, -0.1) is 0 Å². The Morgan fingerprint density at radius 3 is 2.09 bits per heavy atom. The molecule has 6 nitrogen and oxygen atoms in total. The van der Waals surface area contributed by atoms with Crippen LogP contribution >= 0.6 is 0 Å². The van der Waals surface area contributed by atoms with Crippen LogP contribution < -0.4 is 4.74 Å². The summed E-state index contributed by atoms with van der Waals surface area (Å²) in [5.74, 6) is 0.731. The number of aliphatic carboxylic acids is 1. The first kappa shape index (κ1) is 27.8. The Bertz CT molecular complexity index is 778. The number of carboxylic acid groups (broad SMARTS) is 1. The van der Waals surface area contributed by atoms with Crippen LogP contribution in [0.3, 0.4) is 0 Å². The number of aryl methyl sites for hydroxylation is 1. The van der Waals surface area contributed by atoms with Gasteiger partial charge in [-0.25, -0.2) is 9.97 Å². The Balaban J connectivity index is 1.58. The van der Waals surface area contributed by atoms with Crippen molar-refractivity contribution in [1.29, 1.82) is 0 Å². The molecule has 0 spiro atoms. The molecule has 0 amide bonds. The van der Waals surface area contributed by atoms with Crippen molar-refractivity contribution in [2.24, 2.45) is 0 Å². The molecule has 0 aliphatic heterocycles. The predicted molar refractivity (Wildman–Crippen MR) is 136 cm³/mol. The molecule has 6 heteroatoms. The van der Waals surface area contributed by atoms with Gasteiger partial charge in [0.2, 0.25) is 0 Å². The van der Waals surface area contributed by atoms with Crippen molar-refractivity contribution in [2.45, 2.75) is 90.4 Å². The molecule has 0 aliphatic rings. The fourth-order valence-corrected chi connectivity index (χ4v) is 3.69. The Morgan fingerprint density at radius 1 is 0.794 bits per heavy atom. The fraction of sp³-hybridized carbons (Fsp3) is 0.607. The molecule has 0 aliphatic carbocycles. The summed E-state index contributed by atoms with van der Waals surface area (Å²) in [6.45, 7) is 4.47. The normalized spacial score (nSPS) is 11.0. The van der Waals surface area contributed by atoms with Gasteiger partial charge < -0.3 is 14.6 Å². The van der Waals surface area contributed by atoms with E-state index in [4.69, 9.17) is 14.6 Å². The summed E-state index contributed by atoms with van der Waals surface area (Å²) in [6.07, 6.45) is 16.9. The van der Waals surface area contributed by atoms with Crippen molar-refractivity contribution in [3.63, 3.8) is 0 Å². The van der Waals surface area contributed by atoms with Crippen LogP contribution in [0.15, 0.2) is 36.7 Å². The third kappa shape index (κ3) is 12.7. The van der Waals surface area contributed by atoms with Crippen molar-refractivity contribution >= 4 is 5.97 Å². The molecule has 1 N–H and O–H groups in total. The fourth-order valence-electron chi connectivity index (χ4n) is 3.69. The molecule has 188 valence electrons. The first-order valence-electron chi connectivity index (χ1n) is 13.0. The number of benzene rings is 1. The highest BCUT2D eigenvalue weighted by molar-refractivity contribution is 5.66. The summed E-state index contributed by atoms with van der Waals surface area (Å²) in [5.41, 5.74) is 2.35. The highest BCUT2D eigenvalue weighted by Crippen LogP contribution is 2.19. The van der Waals surface area contributed by atoms with Crippen molar-refractivity contribution in [2.75, 3.05) is 19.8 Å². The largest absolute Gasteiger partial charge is 0.490 e. The summed E-state index contributed by atoms with van der Waals surface area (Å²) >= 11 is 0. The zero-order chi connectivity index (χ0) is 24.3. The van der Waals surface area contributed by atoms with E-state index in [-0.39, 0.29) is 0 Å². The maximum absolute atomic E-state index is 10.5. The summed E-state index contributed by atoms with van der Waals surface area (Å²) < 4.78 is 11.3. The summed E-state index contributed by atoms with van der Waals surface area (Å²) in [5, 5.41) is 8.64. The second-order valence-electron chi connectivity index (χ2n) is 8.83. The first-order valence-corrected chi connectivity index (χ1v) is 13.0. The number of nitrogens with zero attached hydrogens (tertiary/aromatic N) is 2. The van der Waals surface area contributed by atoms with E-state index in [2.05, 4.69) is 41.2 Å². The molecule has 0 saturated carbocycles. The van der Waals surface area contributed by atoms with Crippen molar-refractivity contribution < 1.29 is 19.4 Å². The minimum Gasteiger partial charge on any atom is -0.490 e. The van der Waals surface area contributed by atoms with Gasteiger partial charge in [-0.2, -0.15) is 0 Å². The van der Waals surface area contributed by atoms with Gasteiger partial charge in [-0.05, 0) is 44.1 Å². The van der Waals surface area contributed by atoms with E-state index < -0.39 is 5.97 Å². The lowest BCUT2D eigenvalue weighted by atomic mass is 10.0. The molecule has 0 unspecified atom stereocenters. The molecule has 1 aromatic carbocycles. The number of unbranched alkanes of at least 4 members (excludes halogenated alkanes) is 8. The predicted octanol–water partition coefficient (Wildman–Crippen LogP) is 6.87. The Kier molecular flexibility index (Phi) is 14.6. The molecule has 1 heterocycles. The maximum Gasteiger partial charge on any atom is 0.303 e. The number of carboxylic acids is 1. The molecular weight excluding hydrogens is 428 g/mol. The topological polar surface area (TPSA) is 81.5 Å². The summed E-state index contributed by atoms with van der Waals surface area (Å²) in [7, 11) is 0. The Labute approximate surface area is 205 Å². The highest BCUT2D eigenvalue weighted by atomic mass is 16.5. The maximum atomic E-state index is 10.5. The van der Waals surface area contributed by atoms with Gasteiger partial charge in [0, 0.05) is 25.2 Å². The third-order valence-corrected chi connectivity index (χ3v) is 5.79. The number of aromatic nitrogens is 2. The monoisotopic (exact) mass is 470 g/mol. The van der Waals surface area contributed by atoms with Gasteiger partial charge in [0.25, 0.3) is 0 Å². The van der Waals surface area contributed by atoms with Crippen LogP contribution in [-0.2, 0) is 16.0 Å². The number of ether oxygens (including phenoxy) is 2. The third-order valence-electron chi connectivity index (χ3n) is 5.79. The van der Waals surface area contributed by atoms with E-state index in [1.165, 1.54) is 37.7 Å². The molecule has 34 heavy (non-hydrogen) atoms. The van der Waals surface area contributed by atoms with Gasteiger partial charge >= 0.3 is 5.97 Å². The molecule has 2 aromatic rings. The van der Waals surface area contributed by atoms with Crippen LogP contribution in [-0.4, -0.2) is 40.9 Å². The van der Waals surface area contributed by atoms with Gasteiger partial charge in [0.1, 0.15) is 0 Å². The average Bonchev–Trinajstić information content (AvgIpc) is 2.85. The van der Waals surface area contributed by atoms with Crippen LogP contribution in [0.4, 0.5) is 0 Å². The molecular formula is C28H42N2O4. The van der Waals surface area contributed by atoms with Gasteiger partial charge in [0.05, 0.1) is 19.0 Å². The number of rotatable bonds is 20. The zero-order valence-corrected chi connectivity index (χ0v) is 20.8. The van der Waals surface area contributed by atoms with Crippen LogP contribution in [0.25, 0.3) is 11.4 Å². The lowest BCUT2D eigenvalue weighted by Crippen LogP contribution is -2.02. The SMILES string of the molecule is CCCCOCCCCOc1cnc(-c2ccc(CCCCCCCCCC(=O)O)cc2)nc1. The molecule has 0 saturated heterocycles. The second kappa shape index (κ2) is 17.9. The Morgan fingerprint density at radius 2 is 1.41 bits per heavy atom. The number of hydrogen-bond acceptors (Lipinski definition) is 5. The zero-order valence-electron chi connectivity index (χ0n) is 20.8. The highest BCUT2D eigenvalue weighted by Gasteiger charge is 2.03.